The first-order valence-corrected chi connectivity index (χ1v) is 9.24. The Labute approximate surface area is 165 Å². The molecule has 1 heterocycles. The maximum Gasteiger partial charge on any atom is 0.264 e. The highest BCUT2D eigenvalue weighted by molar-refractivity contribution is 9.10. The van der Waals surface area contributed by atoms with Crippen molar-refractivity contribution in [1.82, 2.24) is 9.55 Å². The number of imidazole rings is 1. The highest BCUT2D eigenvalue weighted by Gasteiger charge is 2.23. The van der Waals surface area contributed by atoms with Crippen LogP contribution in [-0.2, 0) is 0 Å². The molecule has 0 aliphatic rings. The molecule has 0 amide bonds. The number of hydrogen-bond acceptors (Lipinski definition) is 3. The van der Waals surface area contributed by atoms with Crippen molar-refractivity contribution in [3.8, 4) is 22.5 Å². The highest BCUT2D eigenvalue weighted by Crippen LogP contribution is 2.35. The standard InChI is InChI=1S/C22H16BrN3O/c23-22-25-19(15-8-3-1-4-9-15)20(16-10-5-2-6-11-16)26(22)21(27)17-12-7-13-18(24)14-17/h1-14H,24H2. The third-order valence-electron chi connectivity index (χ3n) is 4.27. The number of hydrogen-bond donors (Lipinski definition) is 1. The second-order valence-corrected chi connectivity index (χ2v) is 6.79. The van der Waals surface area contributed by atoms with E-state index in [1.54, 1.807) is 28.8 Å². The molecule has 0 radical (unpaired) electrons. The van der Waals surface area contributed by atoms with Crippen LogP contribution in [0.3, 0.4) is 0 Å². The van der Waals surface area contributed by atoms with E-state index in [4.69, 9.17) is 5.73 Å². The molecule has 0 atom stereocenters. The monoisotopic (exact) mass is 417 g/mol. The molecule has 0 aliphatic heterocycles. The Balaban J connectivity index is 1.97. The first kappa shape index (κ1) is 17.2. The van der Waals surface area contributed by atoms with Gasteiger partial charge in [0.25, 0.3) is 5.91 Å². The van der Waals surface area contributed by atoms with Crippen molar-refractivity contribution in [3.05, 3.63) is 95.2 Å². The predicted molar refractivity (Wildman–Crippen MR) is 111 cm³/mol. The Morgan fingerprint density at radius 3 is 2.11 bits per heavy atom. The van der Waals surface area contributed by atoms with Gasteiger partial charge in [0.1, 0.15) is 0 Å². The van der Waals surface area contributed by atoms with Crippen molar-refractivity contribution in [1.29, 1.82) is 0 Å². The van der Waals surface area contributed by atoms with Gasteiger partial charge in [-0.25, -0.2) is 4.98 Å². The number of halogens is 1. The zero-order valence-electron chi connectivity index (χ0n) is 14.3. The molecule has 0 bridgehead atoms. The summed E-state index contributed by atoms with van der Waals surface area (Å²) >= 11 is 3.48. The van der Waals surface area contributed by atoms with Gasteiger partial charge in [0.15, 0.2) is 4.73 Å². The van der Waals surface area contributed by atoms with Crippen molar-refractivity contribution in [3.63, 3.8) is 0 Å². The zero-order valence-corrected chi connectivity index (χ0v) is 15.9. The summed E-state index contributed by atoms with van der Waals surface area (Å²) in [5.41, 5.74) is 10.2. The fraction of sp³-hybridized carbons (Fsp3) is 0. The van der Waals surface area contributed by atoms with Gasteiger partial charge in [-0.15, -0.1) is 0 Å². The first-order valence-electron chi connectivity index (χ1n) is 8.44. The van der Waals surface area contributed by atoms with Gasteiger partial charge < -0.3 is 5.73 Å². The fourth-order valence-electron chi connectivity index (χ4n) is 3.04. The molecule has 5 heteroatoms. The Kier molecular flexibility index (Phi) is 4.60. The molecular weight excluding hydrogens is 402 g/mol. The lowest BCUT2D eigenvalue weighted by Crippen LogP contribution is -2.14. The van der Waals surface area contributed by atoms with Crippen LogP contribution in [0.2, 0.25) is 0 Å². The minimum atomic E-state index is -0.192. The van der Waals surface area contributed by atoms with Crippen molar-refractivity contribution in [2.75, 3.05) is 5.73 Å². The molecule has 0 saturated heterocycles. The van der Waals surface area contributed by atoms with Gasteiger partial charge in [-0.3, -0.25) is 9.36 Å². The van der Waals surface area contributed by atoms with Gasteiger partial charge in [0.2, 0.25) is 0 Å². The summed E-state index contributed by atoms with van der Waals surface area (Å²) in [4.78, 5) is 17.9. The number of nitrogen functional groups attached to an aromatic ring is 1. The normalized spacial score (nSPS) is 10.7. The molecule has 27 heavy (non-hydrogen) atoms. The molecule has 132 valence electrons. The van der Waals surface area contributed by atoms with Crippen LogP contribution in [0.4, 0.5) is 5.69 Å². The van der Waals surface area contributed by atoms with Crippen molar-refractivity contribution < 1.29 is 4.79 Å². The summed E-state index contributed by atoms with van der Waals surface area (Å²) < 4.78 is 2.04. The van der Waals surface area contributed by atoms with Crippen LogP contribution >= 0.6 is 15.9 Å². The van der Waals surface area contributed by atoms with Gasteiger partial charge in [-0.2, -0.15) is 0 Å². The van der Waals surface area contributed by atoms with E-state index in [0.29, 0.717) is 16.0 Å². The number of nitrogens with two attached hydrogens (primary N) is 1. The van der Waals surface area contributed by atoms with Crippen LogP contribution in [0.25, 0.3) is 22.5 Å². The molecule has 4 nitrogen and oxygen atoms in total. The van der Waals surface area contributed by atoms with E-state index in [1.807, 2.05) is 60.7 Å². The zero-order chi connectivity index (χ0) is 18.8. The van der Waals surface area contributed by atoms with Gasteiger partial charge in [-0.05, 0) is 34.1 Å². The molecular formula is C22H16BrN3O. The SMILES string of the molecule is Nc1cccc(C(=O)n2c(Br)nc(-c3ccccc3)c2-c2ccccc2)c1. The summed E-state index contributed by atoms with van der Waals surface area (Å²) in [5.74, 6) is -0.192. The summed E-state index contributed by atoms with van der Waals surface area (Å²) in [5, 5.41) is 0. The maximum absolute atomic E-state index is 13.3. The molecule has 4 aromatic rings. The van der Waals surface area contributed by atoms with E-state index in [1.165, 1.54) is 0 Å². The Bertz CT molecular complexity index is 1110. The fourth-order valence-corrected chi connectivity index (χ4v) is 3.55. The quantitative estimate of drug-likeness (QED) is 0.463. The van der Waals surface area contributed by atoms with Crippen LogP contribution < -0.4 is 5.73 Å². The lowest BCUT2D eigenvalue weighted by Gasteiger charge is -2.11. The third-order valence-corrected chi connectivity index (χ3v) is 4.80. The predicted octanol–water partition coefficient (Wildman–Crippen LogP) is 5.25. The molecule has 0 fully saturated rings. The molecule has 0 unspecified atom stereocenters. The largest absolute Gasteiger partial charge is 0.399 e. The van der Waals surface area contributed by atoms with Gasteiger partial charge in [0, 0.05) is 22.4 Å². The number of carbonyl (C=O) groups is 1. The number of aromatic nitrogens is 2. The lowest BCUT2D eigenvalue weighted by molar-refractivity contribution is 0.0959. The minimum Gasteiger partial charge on any atom is -0.399 e. The van der Waals surface area contributed by atoms with Gasteiger partial charge in [-0.1, -0.05) is 66.7 Å². The first-order chi connectivity index (χ1) is 13.1. The summed E-state index contributed by atoms with van der Waals surface area (Å²) in [6, 6.07) is 26.6. The second kappa shape index (κ2) is 7.21. The van der Waals surface area contributed by atoms with Crippen molar-refractivity contribution >= 4 is 27.5 Å². The molecule has 1 aromatic heterocycles. The number of benzene rings is 3. The summed E-state index contributed by atoms with van der Waals surface area (Å²) in [6.07, 6.45) is 0. The van der Waals surface area contributed by atoms with Crippen LogP contribution in [0.5, 0.6) is 0 Å². The van der Waals surface area contributed by atoms with E-state index in [0.717, 1.165) is 22.5 Å². The van der Waals surface area contributed by atoms with E-state index in [9.17, 15) is 4.79 Å². The average Bonchev–Trinajstić information content (AvgIpc) is 3.06. The van der Waals surface area contributed by atoms with Crippen LogP contribution in [0.15, 0.2) is 89.7 Å². The Morgan fingerprint density at radius 1 is 0.852 bits per heavy atom. The molecule has 3 aromatic carbocycles. The van der Waals surface area contributed by atoms with E-state index >= 15 is 0 Å². The third kappa shape index (κ3) is 3.29. The van der Waals surface area contributed by atoms with E-state index in [2.05, 4.69) is 20.9 Å². The smallest absolute Gasteiger partial charge is 0.264 e. The number of nitrogens with zero attached hydrogens (tertiary/aromatic N) is 2. The summed E-state index contributed by atoms with van der Waals surface area (Å²) in [6.45, 7) is 0. The Hall–Kier alpha value is -3.18. The van der Waals surface area contributed by atoms with Gasteiger partial charge >= 0.3 is 0 Å². The van der Waals surface area contributed by atoms with E-state index < -0.39 is 0 Å². The van der Waals surface area contributed by atoms with Crippen LogP contribution in [-0.4, -0.2) is 15.5 Å². The maximum atomic E-state index is 13.3. The van der Waals surface area contributed by atoms with Crippen LogP contribution in [0.1, 0.15) is 10.4 Å². The van der Waals surface area contributed by atoms with E-state index in [-0.39, 0.29) is 5.91 Å². The van der Waals surface area contributed by atoms with Gasteiger partial charge in [0.05, 0.1) is 11.4 Å². The Morgan fingerprint density at radius 2 is 1.48 bits per heavy atom. The van der Waals surface area contributed by atoms with Crippen molar-refractivity contribution in [2.24, 2.45) is 0 Å². The molecule has 2 N–H and O–H groups in total. The average molecular weight is 418 g/mol. The molecule has 0 aliphatic carbocycles. The number of anilines is 1. The van der Waals surface area contributed by atoms with Crippen molar-refractivity contribution in [2.45, 2.75) is 0 Å². The summed E-state index contributed by atoms with van der Waals surface area (Å²) in [7, 11) is 0. The van der Waals surface area contributed by atoms with Crippen LogP contribution in [0, 0.1) is 0 Å². The molecule has 0 saturated carbocycles. The topological polar surface area (TPSA) is 60.9 Å². The molecule has 0 spiro atoms. The number of rotatable bonds is 3. The molecule has 4 rings (SSSR count). The number of carbonyl (C=O) groups excluding carboxylic acids is 1. The minimum absolute atomic E-state index is 0.192. The second-order valence-electron chi connectivity index (χ2n) is 6.08. The highest BCUT2D eigenvalue weighted by atomic mass is 79.9. The lowest BCUT2D eigenvalue weighted by atomic mass is 10.0.